The molecule has 0 aliphatic carbocycles. The maximum atomic E-state index is 13.5. The first-order valence-corrected chi connectivity index (χ1v) is 11.5. The minimum absolute atomic E-state index is 0.0681. The van der Waals surface area contributed by atoms with Crippen molar-refractivity contribution in [1.82, 2.24) is 14.5 Å². The van der Waals surface area contributed by atoms with Crippen LogP contribution in [0.5, 0.6) is 0 Å². The van der Waals surface area contributed by atoms with Gasteiger partial charge in [0.05, 0.1) is 17.1 Å². The Morgan fingerprint density at radius 1 is 1.06 bits per heavy atom. The summed E-state index contributed by atoms with van der Waals surface area (Å²) in [5.74, 6) is -0.554. The van der Waals surface area contributed by atoms with Crippen LogP contribution < -0.4 is 5.73 Å². The third-order valence-electron chi connectivity index (χ3n) is 5.36. The van der Waals surface area contributed by atoms with E-state index in [1.54, 1.807) is 21.9 Å². The van der Waals surface area contributed by atoms with Gasteiger partial charge >= 0.3 is 0 Å². The van der Waals surface area contributed by atoms with E-state index in [9.17, 15) is 9.59 Å². The Morgan fingerprint density at radius 3 is 2.62 bits per heavy atom. The average molecular weight is 468 g/mol. The highest BCUT2D eigenvalue weighted by Crippen LogP contribution is 2.36. The molecule has 1 saturated heterocycles. The number of benzene rings is 2. The average Bonchev–Trinajstić information content (AvgIpc) is 3.33. The Kier molecular flexibility index (Phi) is 5.97. The number of pyridine rings is 1. The lowest BCUT2D eigenvalue weighted by atomic mass is 10.1. The molecule has 1 aliphatic heterocycles. The summed E-state index contributed by atoms with van der Waals surface area (Å²) in [5.41, 5.74) is 8.84. The lowest BCUT2D eigenvalue weighted by Gasteiger charge is -2.15. The maximum absolute atomic E-state index is 13.5. The van der Waals surface area contributed by atoms with Gasteiger partial charge in [-0.2, -0.15) is 0 Å². The number of carbonyl (C=O) groups is 2. The van der Waals surface area contributed by atoms with Crippen LogP contribution in [0.2, 0.25) is 0 Å². The van der Waals surface area contributed by atoms with Crippen LogP contribution in [-0.4, -0.2) is 31.4 Å². The number of primary amides is 1. The number of aromatic nitrogens is 2. The Labute approximate surface area is 200 Å². The van der Waals surface area contributed by atoms with Gasteiger partial charge in [-0.05, 0) is 47.7 Å². The second-order valence-corrected chi connectivity index (χ2v) is 8.80. The second kappa shape index (κ2) is 9.36. The standard InChI is InChI=1S/C26H21N5O2S/c27-24(32)17-30-16-19(21-10-4-5-11-22(21)30)13-23-25(33)31(15-18-7-6-12-28-14-18)26(34-23)29-20-8-2-1-3-9-20/h1-14,16H,15,17H2,(H2,27,32). The molecule has 0 bridgehead atoms. The van der Waals surface area contributed by atoms with Crippen LogP contribution in [0.1, 0.15) is 11.1 Å². The fourth-order valence-corrected chi connectivity index (χ4v) is 4.84. The molecule has 5 rings (SSSR count). The molecular formula is C26H21N5O2S. The van der Waals surface area contributed by atoms with Crippen molar-refractivity contribution in [3.8, 4) is 0 Å². The molecular weight excluding hydrogens is 446 g/mol. The lowest BCUT2D eigenvalue weighted by molar-refractivity contribution is -0.122. The number of hydrogen-bond acceptors (Lipinski definition) is 5. The van der Waals surface area contributed by atoms with Gasteiger partial charge in [0.1, 0.15) is 6.54 Å². The zero-order valence-electron chi connectivity index (χ0n) is 18.2. The summed E-state index contributed by atoms with van der Waals surface area (Å²) in [6, 6.07) is 21.1. The number of fused-ring (bicyclic) bond motifs is 1. The predicted octanol–water partition coefficient (Wildman–Crippen LogP) is 4.33. The molecule has 1 aliphatic rings. The van der Waals surface area contributed by atoms with Crippen molar-refractivity contribution in [1.29, 1.82) is 0 Å². The highest BCUT2D eigenvalue weighted by Gasteiger charge is 2.33. The minimum atomic E-state index is -0.425. The van der Waals surface area contributed by atoms with Gasteiger partial charge in [0, 0.05) is 35.1 Å². The van der Waals surface area contributed by atoms with Crippen molar-refractivity contribution in [2.45, 2.75) is 13.1 Å². The third-order valence-corrected chi connectivity index (χ3v) is 6.37. The molecule has 0 saturated carbocycles. The van der Waals surface area contributed by atoms with Gasteiger partial charge in [-0.15, -0.1) is 0 Å². The first-order valence-electron chi connectivity index (χ1n) is 10.7. The molecule has 2 N–H and O–H groups in total. The van der Waals surface area contributed by atoms with Crippen LogP contribution in [0.25, 0.3) is 17.0 Å². The van der Waals surface area contributed by atoms with Gasteiger partial charge < -0.3 is 10.3 Å². The molecule has 0 unspecified atom stereocenters. The van der Waals surface area contributed by atoms with Crippen LogP contribution in [0, 0.1) is 0 Å². The van der Waals surface area contributed by atoms with Crippen molar-refractivity contribution in [3.63, 3.8) is 0 Å². The zero-order chi connectivity index (χ0) is 23.5. The number of nitrogens with zero attached hydrogens (tertiary/aromatic N) is 4. The fraction of sp³-hybridized carbons (Fsp3) is 0.0769. The van der Waals surface area contributed by atoms with Crippen molar-refractivity contribution < 1.29 is 9.59 Å². The van der Waals surface area contributed by atoms with Crippen LogP contribution in [0.15, 0.2) is 95.2 Å². The van der Waals surface area contributed by atoms with Crippen molar-refractivity contribution >= 4 is 51.4 Å². The Bertz CT molecular complexity index is 1430. The van der Waals surface area contributed by atoms with Gasteiger partial charge in [-0.1, -0.05) is 42.5 Å². The van der Waals surface area contributed by atoms with E-state index in [0.717, 1.165) is 27.7 Å². The summed E-state index contributed by atoms with van der Waals surface area (Å²) < 4.78 is 1.81. The van der Waals surface area contributed by atoms with Crippen LogP contribution in [-0.2, 0) is 22.7 Å². The third kappa shape index (κ3) is 4.49. The second-order valence-electron chi connectivity index (χ2n) is 7.79. The molecule has 3 heterocycles. The predicted molar refractivity (Wildman–Crippen MR) is 135 cm³/mol. The SMILES string of the molecule is NC(=O)Cn1cc(C=C2SC(=Nc3ccccc3)N(Cc3cccnc3)C2=O)c2ccccc21. The zero-order valence-corrected chi connectivity index (χ0v) is 19.0. The number of carbonyl (C=O) groups excluding carboxylic acids is 2. The Morgan fingerprint density at radius 2 is 1.85 bits per heavy atom. The summed E-state index contributed by atoms with van der Waals surface area (Å²) in [6.45, 7) is 0.435. The molecule has 2 aromatic heterocycles. The number of para-hydroxylation sites is 2. The van der Waals surface area contributed by atoms with E-state index in [1.807, 2.05) is 79.0 Å². The van der Waals surface area contributed by atoms with Gasteiger partial charge in [-0.25, -0.2) is 4.99 Å². The van der Waals surface area contributed by atoms with Gasteiger partial charge in [0.2, 0.25) is 5.91 Å². The molecule has 4 aromatic rings. The maximum Gasteiger partial charge on any atom is 0.267 e. The highest BCUT2D eigenvalue weighted by molar-refractivity contribution is 8.18. The molecule has 0 atom stereocenters. The molecule has 34 heavy (non-hydrogen) atoms. The summed E-state index contributed by atoms with van der Waals surface area (Å²) in [5, 5.41) is 1.55. The number of rotatable bonds is 6. The number of aliphatic imine (C=N–C) groups is 1. The largest absolute Gasteiger partial charge is 0.368 e. The molecule has 8 heteroatoms. The monoisotopic (exact) mass is 467 g/mol. The van der Waals surface area contributed by atoms with Crippen molar-refractivity contribution in [2.75, 3.05) is 0 Å². The number of hydrogen-bond donors (Lipinski definition) is 1. The van der Waals surface area contributed by atoms with E-state index in [-0.39, 0.29) is 12.5 Å². The highest BCUT2D eigenvalue weighted by atomic mass is 32.2. The van der Waals surface area contributed by atoms with Crippen LogP contribution in [0.3, 0.4) is 0 Å². The van der Waals surface area contributed by atoms with Crippen molar-refractivity contribution in [2.24, 2.45) is 10.7 Å². The quantitative estimate of drug-likeness (QED) is 0.427. The summed E-state index contributed by atoms with van der Waals surface area (Å²) >= 11 is 1.33. The van der Waals surface area contributed by atoms with Crippen molar-refractivity contribution in [3.05, 3.63) is 101 Å². The first-order chi connectivity index (χ1) is 16.6. The summed E-state index contributed by atoms with van der Waals surface area (Å²) in [4.78, 5) is 36.2. The number of amides is 2. The molecule has 2 amide bonds. The van der Waals surface area contributed by atoms with Crippen LogP contribution >= 0.6 is 11.8 Å². The van der Waals surface area contributed by atoms with E-state index in [0.29, 0.717) is 16.6 Å². The molecule has 0 radical (unpaired) electrons. The van der Waals surface area contributed by atoms with E-state index in [1.165, 1.54) is 11.8 Å². The smallest absolute Gasteiger partial charge is 0.267 e. The molecule has 7 nitrogen and oxygen atoms in total. The molecule has 168 valence electrons. The van der Waals surface area contributed by atoms with Gasteiger partial charge in [0.15, 0.2) is 5.17 Å². The number of thioether (sulfide) groups is 1. The number of nitrogens with two attached hydrogens (primary N) is 1. The van der Waals surface area contributed by atoms with Crippen LogP contribution in [0.4, 0.5) is 5.69 Å². The molecule has 1 fully saturated rings. The normalized spacial score (nSPS) is 16.1. The number of amidine groups is 1. The summed E-state index contributed by atoms with van der Waals surface area (Å²) in [7, 11) is 0. The Balaban J connectivity index is 1.55. The van der Waals surface area contributed by atoms with E-state index < -0.39 is 5.91 Å². The van der Waals surface area contributed by atoms with E-state index in [4.69, 9.17) is 10.7 Å². The van der Waals surface area contributed by atoms with Gasteiger partial charge in [0.25, 0.3) is 5.91 Å². The van der Waals surface area contributed by atoms with E-state index in [2.05, 4.69) is 4.98 Å². The molecule has 0 spiro atoms. The Hall–Kier alpha value is -4.17. The summed E-state index contributed by atoms with van der Waals surface area (Å²) in [6.07, 6.45) is 7.16. The fourth-order valence-electron chi connectivity index (χ4n) is 3.85. The topological polar surface area (TPSA) is 93.6 Å². The minimum Gasteiger partial charge on any atom is -0.368 e. The molecule has 2 aromatic carbocycles. The lowest BCUT2D eigenvalue weighted by Crippen LogP contribution is -2.28. The first kappa shape index (κ1) is 21.7. The van der Waals surface area contributed by atoms with E-state index >= 15 is 0 Å². The van der Waals surface area contributed by atoms with Gasteiger partial charge in [-0.3, -0.25) is 19.5 Å².